The summed E-state index contributed by atoms with van der Waals surface area (Å²) >= 11 is 0. The number of hydrogen-bond donors (Lipinski definition) is 1. The first kappa shape index (κ1) is 20.9. The Kier molecular flexibility index (Phi) is 4.40. The molecule has 3 aromatic carbocycles. The highest BCUT2D eigenvalue weighted by atomic mass is 16.5. The second-order valence-corrected chi connectivity index (χ2v) is 9.81. The SMILES string of the molecule is CCc1cc2c(CC)cc3c(c2cc1O)N=CC1(O3)N(C)c2cc(C)c(C)cc2C1(C)C. The van der Waals surface area contributed by atoms with Gasteiger partial charge in [0.1, 0.15) is 17.2 Å². The summed E-state index contributed by atoms with van der Waals surface area (Å²) in [6.07, 6.45) is 3.65. The second kappa shape index (κ2) is 6.74. The molecule has 5 rings (SSSR count). The molecule has 4 heteroatoms. The molecule has 0 bridgehead atoms. The fraction of sp³-hybridized carbons (Fsp3) is 0.393. The van der Waals surface area contributed by atoms with E-state index in [-0.39, 0.29) is 5.41 Å². The molecule has 1 spiro atoms. The van der Waals surface area contributed by atoms with E-state index in [4.69, 9.17) is 9.73 Å². The van der Waals surface area contributed by atoms with Gasteiger partial charge in [-0.15, -0.1) is 0 Å². The summed E-state index contributed by atoms with van der Waals surface area (Å²) in [5, 5.41) is 12.7. The highest BCUT2D eigenvalue weighted by Crippen LogP contribution is 2.55. The first-order chi connectivity index (χ1) is 15.1. The lowest BCUT2D eigenvalue weighted by Crippen LogP contribution is -2.61. The molecule has 1 unspecified atom stereocenters. The zero-order valence-electron chi connectivity index (χ0n) is 20.1. The highest BCUT2D eigenvalue weighted by molar-refractivity contribution is 6.02. The lowest BCUT2D eigenvalue weighted by Gasteiger charge is -2.45. The Morgan fingerprint density at radius 3 is 2.31 bits per heavy atom. The molecule has 0 saturated carbocycles. The van der Waals surface area contributed by atoms with E-state index in [2.05, 4.69) is 77.8 Å². The predicted octanol–water partition coefficient (Wildman–Crippen LogP) is 6.51. The van der Waals surface area contributed by atoms with Gasteiger partial charge in [0.15, 0.2) is 0 Å². The minimum absolute atomic E-state index is 0.299. The van der Waals surface area contributed by atoms with Crippen LogP contribution in [0.4, 0.5) is 11.4 Å². The molecule has 1 atom stereocenters. The number of likely N-dealkylation sites (N-methyl/N-ethyl adjacent to an activating group) is 1. The van der Waals surface area contributed by atoms with E-state index >= 15 is 0 Å². The van der Waals surface area contributed by atoms with Crippen molar-refractivity contribution in [1.82, 2.24) is 0 Å². The van der Waals surface area contributed by atoms with E-state index in [9.17, 15) is 5.11 Å². The van der Waals surface area contributed by atoms with Crippen molar-refractivity contribution in [3.05, 3.63) is 58.1 Å². The molecule has 0 aromatic heterocycles. The summed E-state index contributed by atoms with van der Waals surface area (Å²) in [6.45, 7) is 13.0. The van der Waals surface area contributed by atoms with Gasteiger partial charge in [-0.05, 0) is 98.0 Å². The minimum Gasteiger partial charge on any atom is -0.508 e. The summed E-state index contributed by atoms with van der Waals surface area (Å²) in [5.74, 6) is 1.10. The third kappa shape index (κ3) is 2.52. The quantitative estimate of drug-likeness (QED) is 0.506. The number of anilines is 1. The van der Waals surface area contributed by atoms with Crippen molar-refractivity contribution in [2.75, 3.05) is 11.9 Å². The number of rotatable bonds is 2. The molecule has 2 aliphatic rings. The van der Waals surface area contributed by atoms with Gasteiger partial charge in [0.25, 0.3) is 0 Å². The molecule has 0 radical (unpaired) electrons. The van der Waals surface area contributed by atoms with Crippen LogP contribution >= 0.6 is 0 Å². The van der Waals surface area contributed by atoms with Gasteiger partial charge < -0.3 is 14.7 Å². The van der Waals surface area contributed by atoms with Crippen LogP contribution in [-0.2, 0) is 18.3 Å². The van der Waals surface area contributed by atoms with Gasteiger partial charge >= 0.3 is 0 Å². The number of fused-ring (bicyclic) bond motifs is 4. The first-order valence-corrected chi connectivity index (χ1v) is 11.6. The number of nitrogens with zero attached hydrogens (tertiary/aromatic N) is 2. The van der Waals surface area contributed by atoms with Crippen LogP contribution < -0.4 is 9.64 Å². The summed E-state index contributed by atoms with van der Waals surface area (Å²) in [4.78, 5) is 7.23. The van der Waals surface area contributed by atoms with Crippen molar-refractivity contribution in [3.8, 4) is 11.5 Å². The molecule has 1 N–H and O–H groups in total. The third-order valence-corrected chi connectivity index (χ3v) is 7.80. The maximum absolute atomic E-state index is 10.6. The van der Waals surface area contributed by atoms with Gasteiger partial charge in [-0.1, -0.05) is 19.9 Å². The number of aryl methyl sites for hydroxylation is 4. The summed E-state index contributed by atoms with van der Waals surface area (Å²) in [6, 6.07) is 10.7. The normalized spacial score (nSPS) is 20.5. The van der Waals surface area contributed by atoms with E-state index in [1.807, 2.05) is 12.3 Å². The molecular weight excluding hydrogens is 396 g/mol. The number of hydrogen-bond acceptors (Lipinski definition) is 4. The van der Waals surface area contributed by atoms with Crippen LogP contribution in [0.3, 0.4) is 0 Å². The number of phenols is 1. The van der Waals surface area contributed by atoms with E-state index in [0.29, 0.717) is 5.75 Å². The van der Waals surface area contributed by atoms with E-state index in [1.54, 1.807) is 0 Å². The molecular formula is C28H32N2O2. The van der Waals surface area contributed by atoms with Gasteiger partial charge in [-0.3, -0.25) is 4.99 Å². The molecule has 3 aromatic rings. The van der Waals surface area contributed by atoms with Crippen molar-refractivity contribution >= 4 is 28.4 Å². The minimum atomic E-state index is -0.716. The van der Waals surface area contributed by atoms with Crippen molar-refractivity contribution in [3.63, 3.8) is 0 Å². The average molecular weight is 429 g/mol. The molecule has 0 fully saturated rings. The largest absolute Gasteiger partial charge is 0.508 e. The van der Waals surface area contributed by atoms with Gasteiger partial charge in [-0.25, -0.2) is 0 Å². The Morgan fingerprint density at radius 1 is 0.938 bits per heavy atom. The molecule has 0 saturated heterocycles. The Morgan fingerprint density at radius 2 is 1.62 bits per heavy atom. The van der Waals surface area contributed by atoms with Crippen LogP contribution in [0.2, 0.25) is 0 Å². The fourth-order valence-corrected chi connectivity index (χ4v) is 5.48. The van der Waals surface area contributed by atoms with Crippen LogP contribution in [0.1, 0.15) is 55.5 Å². The molecule has 2 aliphatic heterocycles. The predicted molar refractivity (Wildman–Crippen MR) is 133 cm³/mol. The zero-order valence-corrected chi connectivity index (χ0v) is 20.1. The zero-order chi connectivity index (χ0) is 23.0. The molecule has 0 amide bonds. The van der Waals surface area contributed by atoms with Gasteiger partial charge in [0.2, 0.25) is 5.72 Å². The van der Waals surface area contributed by atoms with Crippen LogP contribution in [0.5, 0.6) is 11.5 Å². The smallest absolute Gasteiger partial charge is 0.228 e. The average Bonchev–Trinajstić information content (AvgIpc) is 2.91. The molecule has 0 aliphatic carbocycles. The van der Waals surface area contributed by atoms with Crippen molar-refractivity contribution in [1.29, 1.82) is 0 Å². The number of aliphatic imine (C=N–C) groups is 1. The van der Waals surface area contributed by atoms with Crippen LogP contribution in [0, 0.1) is 13.8 Å². The second-order valence-electron chi connectivity index (χ2n) is 9.81. The van der Waals surface area contributed by atoms with Crippen molar-refractivity contribution < 1.29 is 9.84 Å². The fourth-order valence-electron chi connectivity index (χ4n) is 5.48. The van der Waals surface area contributed by atoms with Crippen molar-refractivity contribution in [2.24, 2.45) is 4.99 Å². The first-order valence-electron chi connectivity index (χ1n) is 11.6. The Hall–Kier alpha value is -3.01. The van der Waals surface area contributed by atoms with Crippen LogP contribution in [0.25, 0.3) is 10.8 Å². The van der Waals surface area contributed by atoms with E-state index < -0.39 is 5.72 Å². The maximum Gasteiger partial charge on any atom is 0.228 e. The molecule has 2 heterocycles. The van der Waals surface area contributed by atoms with Gasteiger partial charge in [0.05, 0.1) is 11.6 Å². The summed E-state index contributed by atoms with van der Waals surface area (Å²) in [7, 11) is 2.10. The van der Waals surface area contributed by atoms with E-state index in [1.165, 1.54) is 27.9 Å². The highest BCUT2D eigenvalue weighted by Gasteiger charge is 2.58. The lowest BCUT2D eigenvalue weighted by molar-refractivity contribution is 0.0825. The molecule has 32 heavy (non-hydrogen) atoms. The molecule has 4 nitrogen and oxygen atoms in total. The van der Waals surface area contributed by atoms with Crippen molar-refractivity contribution in [2.45, 2.75) is 65.5 Å². The Balaban J connectivity index is 1.73. The summed E-state index contributed by atoms with van der Waals surface area (Å²) in [5.41, 5.74) is 6.99. The Bertz CT molecular complexity index is 1310. The van der Waals surface area contributed by atoms with Gasteiger partial charge in [0, 0.05) is 18.1 Å². The van der Waals surface area contributed by atoms with Crippen LogP contribution in [-0.4, -0.2) is 24.1 Å². The van der Waals surface area contributed by atoms with E-state index in [0.717, 1.165) is 40.6 Å². The lowest BCUT2D eigenvalue weighted by atomic mass is 9.77. The number of ether oxygens (including phenoxy) is 1. The monoisotopic (exact) mass is 428 g/mol. The topological polar surface area (TPSA) is 45.1 Å². The Labute approximate surface area is 190 Å². The molecule has 166 valence electrons. The third-order valence-electron chi connectivity index (χ3n) is 7.80. The number of phenolic OH excluding ortho intramolecular Hbond substituents is 1. The summed E-state index contributed by atoms with van der Waals surface area (Å²) < 4.78 is 6.91. The van der Waals surface area contributed by atoms with Crippen LogP contribution in [0.15, 0.2) is 35.3 Å². The van der Waals surface area contributed by atoms with Gasteiger partial charge in [-0.2, -0.15) is 0 Å². The maximum atomic E-state index is 10.6. The standard InChI is InChI=1S/C28H32N2O2/c1-8-18-13-25-26(21-14-24(31)19(9-2)12-20(18)21)29-15-28(32-25)27(5,6)22-10-16(3)17(4)11-23(22)30(28)7/h10-15,31H,8-9H2,1-7H3. The number of benzene rings is 3. The number of aromatic hydroxyl groups is 1.